The zero-order valence-electron chi connectivity index (χ0n) is 21.7. The molecular weight excluding hydrogens is 487 g/mol. The van der Waals surface area contributed by atoms with E-state index in [1.807, 2.05) is 18.2 Å². The van der Waals surface area contributed by atoms with Crippen LogP contribution in [0.15, 0.2) is 36.4 Å². The predicted octanol–water partition coefficient (Wildman–Crippen LogP) is 4.33. The summed E-state index contributed by atoms with van der Waals surface area (Å²) in [7, 11) is 0. The van der Waals surface area contributed by atoms with Crippen LogP contribution in [-0.4, -0.2) is 46.5 Å². The number of ether oxygens (including phenoxy) is 1. The molecule has 4 atom stereocenters. The van der Waals surface area contributed by atoms with Gasteiger partial charge in [-0.2, -0.15) is 5.26 Å². The Labute approximate surface area is 221 Å². The molecule has 0 radical (unpaired) electrons. The van der Waals surface area contributed by atoms with Gasteiger partial charge in [0.25, 0.3) is 0 Å². The van der Waals surface area contributed by atoms with Crippen LogP contribution in [0.5, 0.6) is 0 Å². The number of nitrogens with one attached hydrogen (secondary N) is 2. The van der Waals surface area contributed by atoms with E-state index in [1.54, 1.807) is 32.9 Å². The van der Waals surface area contributed by atoms with Crippen LogP contribution in [0.25, 0.3) is 11.1 Å². The van der Waals surface area contributed by atoms with Gasteiger partial charge in [-0.25, -0.2) is 9.18 Å². The molecule has 0 spiro atoms. The van der Waals surface area contributed by atoms with Crippen molar-refractivity contribution >= 4 is 23.6 Å². The second kappa shape index (κ2) is 9.75. The van der Waals surface area contributed by atoms with E-state index in [0.717, 1.165) is 36.1 Å². The topological polar surface area (TPSA) is 112 Å². The Hall–Kier alpha value is -3.93. The molecule has 198 valence electrons. The number of rotatable bonds is 5. The summed E-state index contributed by atoms with van der Waals surface area (Å²) in [4.78, 5) is 39.3. The van der Waals surface area contributed by atoms with E-state index in [2.05, 4.69) is 16.7 Å². The van der Waals surface area contributed by atoms with Crippen LogP contribution in [0, 0.1) is 23.1 Å². The zero-order valence-corrected chi connectivity index (χ0v) is 21.7. The summed E-state index contributed by atoms with van der Waals surface area (Å²) >= 11 is 0. The van der Waals surface area contributed by atoms with E-state index in [1.165, 1.54) is 11.0 Å². The summed E-state index contributed by atoms with van der Waals surface area (Å²) in [5, 5.41) is 15.3. The minimum absolute atomic E-state index is 0.0121. The summed E-state index contributed by atoms with van der Waals surface area (Å²) in [6, 6.07) is 10.6. The standard InChI is InChI=1S/C29H31FN4O4/c1-29(2,3)38-28(37)34-22-9-8-20(11-22)26(34)27(36)32-21(15-31)10-18-6-4-16(12-23(18)30)17-5-7-19-14-25(35)33-24(19)13-17/h4-7,12-13,20-22,26H,8-11,14H2,1-3H3,(H,32,36)(H,33,35). The Bertz CT molecular complexity index is 1350. The quantitative estimate of drug-likeness (QED) is 0.612. The number of benzene rings is 2. The number of fused-ring (bicyclic) bond motifs is 3. The lowest BCUT2D eigenvalue weighted by atomic mass is 9.96. The van der Waals surface area contributed by atoms with Gasteiger partial charge in [-0.05, 0) is 80.3 Å². The van der Waals surface area contributed by atoms with Gasteiger partial charge in [0.15, 0.2) is 0 Å². The predicted molar refractivity (Wildman–Crippen MR) is 138 cm³/mol. The molecule has 2 fully saturated rings. The van der Waals surface area contributed by atoms with Crippen LogP contribution < -0.4 is 10.6 Å². The first kappa shape index (κ1) is 25.7. The maximum Gasteiger partial charge on any atom is 0.411 e. The van der Waals surface area contributed by atoms with Gasteiger partial charge >= 0.3 is 6.09 Å². The van der Waals surface area contributed by atoms with Crippen molar-refractivity contribution in [1.29, 1.82) is 5.26 Å². The van der Waals surface area contributed by atoms with Gasteiger partial charge in [-0.1, -0.05) is 24.3 Å². The number of nitrogens with zero attached hydrogens (tertiary/aromatic N) is 2. The molecule has 2 aliphatic heterocycles. The molecular formula is C29H31FN4O4. The molecule has 1 saturated carbocycles. The summed E-state index contributed by atoms with van der Waals surface area (Å²) in [5.41, 5.74) is 2.65. The van der Waals surface area contributed by atoms with Crippen LogP contribution in [0.3, 0.4) is 0 Å². The van der Waals surface area contributed by atoms with Gasteiger partial charge in [-0.15, -0.1) is 0 Å². The molecule has 4 unspecified atom stereocenters. The maximum atomic E-state index is 15.1. The van der Waals surface area contributed by atoms with E-state index in [-0.39, 0.29) is 24.3 Å². The molecule has 9 heteroatoms. The third kappa shape index (κ3) is 5.08. The second-order valence-electron chi connectivity index (χ2n) is 11.4. The molecule has 2 N–H and O–H groups in total. The van der Waals surface area contributed by atoms with Gasteiger partial charge in [0.2, 0.25) is 11.8 Å². The molecule has 2 aromatic carbocycles. The van der Waals surface area contributed by atoms with Gasteiger partial charge in [0, 0.05) is 18.2 Å². The molecule has 2 aromatic rings. The molecule has 2 bridgehead atoms. The Kier molecular flexibility index (Phi) is 6.59. The first-order chi connectivity index (χ1) is 18.0. The largest absolute Gasteiger partial charge is 0.444 e. The first-order valence-electron chi connectivity index (χ1n) is 13.0. The van der Waals surface area contributed by atoms with Crippen molar-refractivity contribution in [3.05, 3.63) is 53.3 Å². The first-order valence-corrected chi connectivity index (χ1v) is 13.0. The normalized spacial score (nSPS) is 22.4. The van der Waals surface area contributed by atoms with E-state index in [9.17, 15) is 19.6 Å². The lowest BCUT2D eigenvalue weighted by molar-refractivity contribution is -0.128. The Morgan fingerprint density at radius 1 is 1.21 bits per heavy atom. The van der Waals surface area contributed by atoms with Gasteiger partial charge < -0.3 is 15.4 Å². The maximum absolute atomic E-state index is 15.1. The summed E-state index contributed by atoms with van der Waals surface area (Å²) in [6.45, 7) is 5.34. The van der Waals surface area contributed by atoms with Crippen molar-refractivity contribution in [2.75, 3.05) is 5.32 Å². The highest BCUT2D eigenvalue weighted by molar-refractivity contribution is 6.00. The van der Waals surface area contributed by atoms with E-state index in [0.29, 0.717) is 17.5 Å². The molecule has 38 heavy (non-hydrogen) atoms. The van der Waals surface area contributed by atoms with Crippen molar-refractivity contribution in [3.8, 4) is 17.2 Å². The highest BCUT2D eigenvalue weighted by atomic mass is 19.1. The van der Waals surface area contributed by atoms with Crippen molar-refractivity contribution in [2.45, 2.75) is 76.6 Å². The smallest absolute Gasteiger partial charge is 0.411 e. The van der Waals surface area contributed by atoms with Gasteiger partial charge in [-0.3, -0.25) is 14.5 Å². The summed E-state index contributed by atoms with van der Waals surface area (Å²) < 4.78 is 20.6. The minimum atomic E-state index is -0.960. The number of piperidine rings is 1. The highest BCUT2D eigenvalue weighted by Gasteiger charge is 2.52. The number of amides is 3. The summed E-state index contributed by atoms with van der Waals surface area (Å²) in [5.74, 6) is -0.952. The Balaban J connectivity index is 1.27. The lowest BCUT2D eigenvalue weighted by Crippen LogP contribution is -2.55. The fourth-order valence-corrected chi connectivity index (χ4v) is 5.80. The van der Waals surface area contributed by atoms with Crippen LogP contribution in [0.1, 0.15) is 51.2 Å². The number of carbonyl (C=O) groups is 3. The molecule has 2 heterocycles. The van der Waals surface area contributed by atoms with Crippen molar-refractivity contribution < 1.29 is 23.5 Å². The minimum Gasteiger partial charge on any atom is -0.444 e. The van der Waals surface area contributed by atoms with Crippen LogP contribution in [0.4, 0.5) is 14.9 Å². The number of carbonyl (C=O) groups excluding carboxylic acids is 3. The lowest BCUT2D eigenvalue weighted by Gasteiger charge is -2.35. The average Bonchev–Trinajstić information content (AvgIpc) is 3.56. The molecule has 0 aromatic heterocycles. The number of hydrogen-bond acceptors (Lipinski definition) is 5. The fourth-order valence-electron chi connectivity index (χ4n) is 5.80. The number of anilines is 1. The monoisotopic (exact) mass is 518 g/mol. The Morgan fingerprint density at radius 3 is 2.66 bits per heavy atom. The molecule has 3 amide bonds. The van der Waals surface area contributed by atoms with E-state index >= 15 is 4.39 Å². The van der Waals surface area contributed by atoms with Crippen LogP contribution >= 0.6 is 0 Å². The fraction of sp³-hybridized carbons (Fsp3) is 0.448. The molecule has 1 aliphatic carbocycles. The number of nitriles is 1. The van der Waals surface area contributed by atoms with E-state index in [4.69, 9.17) is 4.74 Å². The van der Waals surface area contributed by atoms with Gasteiger partial charge in [0.1, 0.15) is 23.5 Å². The molecule has 1 saturated heterocycles. The van der Waals surface area contributed by atoms with Crippen molar-refractivity contribution in [2.24, 2.45) is 5.92 Å². The number of likely N-dealkylation sites (tertiary alicyclic amines) is 1. The zero-order chi connectivity index (χ0) is 27.2. The average molecular weight is 519 g/mol. The van der Waals surface area contributed by atoms with Crippen molar-refractivity contribution in [3.63, 3.8) is 0 Å². The molecule has 5 rings (SSSR count). The van der Waals surface area contributed by atoms with Crippen LogP contribution in [-0.2, 0) is 27.2 Å². The third-order valence-electron chi connectivity index (χ3n) is 7.48. The van der Waals surface area contributed by atoms with Crippen molar-refractivity contribution in [1.82, 2.24) is 10.2 Å². The van der Waals surface area contributed by atoms with E-state index < -0.39 is 35.5 Å². The SMILES string of the molecule is CC(C)(C)OC(=O)N1C2CCC(C2)C1C(=O)NC(C#N)Cc1ccc(-c2ccc3c(c2)NC(=O)C3)cc1F. The number of halogens is 1. The summed E-state index contributed by atoms with van der Waals surface area (Å²) in [6.07, 6.45) is 2.19. The Morgan fingerprint density at radius 2 is 1.95 bits per heavy atom. The highest BCUT2D eigenvalue weighted by Crippen LogP contribution is 2.43. The molecule has 3 aliphatic rings. The second-order valence-corrected chi connectivity index (χ2v) is 11.4. The molecule has 8 nitrogen and oxygen atoms in total. The van der Waals surface area contributed by atoms with Gasteiger partial charge in [0.05, 0.1) is 12.5 Å². The van der Waals surface area contributed by atoms with Crippen LogP contribution in [0.2, 0.25) is 0 Å². The number of hydrogen-bond donors (Lipinski definition) is 2. The third-order valence-corrected chi connectivity index (χ3v) is 7.48.